The average Bonchev–Trinajstić information content (AvgIpc) is 2.53. The minimum Gasteiger partial charge on any atom is -0.481 e. The van der Waals surface area contributed by atoms with E-state index in [4.69, 9.17) is 0 Å². The molecule has 0 aliphatic carbocycles. The number of rotatable bonds is 7. The summed E-state index contributed by atoms with van der Waals surface area (Å²) in [4.78, 5) is 25.5. The van der Waals surface area contributed by atoms with E-state index < -0.39 is 11.9 Å². The number of hydrogen-bond donors (Lipinski definition) is 1. The summed E-state index contributed by atoms with van der Waals surface area (Å²) < 4.78 is 0. The molecule has 0 aromatic heterocycles. The maximum Gasteiger partial charge on any atom is 0.312 e. The first-order valence-corrected chi connectivity index (χ1v) is 8.95. The molecule has 2 rings (SSSR count). The molecule has 1 aliphatic heterocycles. The van der Waals surface area contributed by atoms with E-state index >= 15 is 0 Å². The third-order valence-electron chi connectivity index (χ3n) is 3.95. The average molecular weight is 321 g/mol. The van der Waals surface area contributed by atoms with Gasteiger partial charge in [-0.1, -0.05) is 37.6 Å². The van der Waals surface area contributed by atoms with Crippen LogP contribution in [0.3, 0.4) is 0 Å². The van der Waals surface area contributed by atoms with Gasteiger partial charge in [0.1, 0.15) is 0 Å². The third-order valence-corrected chi connectivity index (χ3v) is 5.02. The lowest BCUT2D eigenvalue weighted by atomic mass is 9.89. The Balaban J connectivity index is 1.96. The molecule has 1 aliphatic rings. The number of carboxylic acid groups (broad SMARTS) is 1. The standard InChI is InChI=1S/C17H23NO3S/c1-2-3-9-22-10-8-16(19)18-11-13-6-4-5-7-14(13)15(12-18)17(20)21/h4-7,15H,2-3,8-12H2,1H3,(H,20,21). The van der Waals surface area contributed by atoms with Crippen LogP contribution in [0.4, 0.5) is 0 Å². The van der Waals surface area contributed by atoms with Crippen molar-refractivity contribution in [2.75, 3.05) is 18.1 Å². The molecule has 4 nitrogen and oxygen atoms in total. The quantitative estimate of drug-likeness (QED) is 0.784. The molecule has 1 unspecified atom stereocenters. The summed E-state index contributed by atoms with van der Waals surface area (Å²) in [6.45, 7) is 2.96. The molecule has 0 spiro atoms. The van der Waals surface area contributed by atoms with Gasteiger partial charge in [0, 0.05) is 25.3 Å². The fourth-order valence-electron chi connectivity index (χ4n) is 2.67. The van der Waals surface area contributed by atoms with Crippen molar-refractivity contribution in [2.24, 2.45) is 0 Å². The maximum absolute atomic E-state index is 12.3. The van der Waals surface area contributed by atoms with Gasteiger partial charge < -0.3 is 10.0 Å². The Bertz CT molecular complexity index is 532. The Kier molecular flexibility index (Phi) is 6.31. The Hall–Kier alpha value is -1.49. The van der Waals surface area contributed by atoms with Crippen LogP contribution in [0.25, 0.3) is 0 Å². The van der Waals surface area contributed by atoms with Crippen LogP contribution in [0, 0.1) is 0 Å². The summed E-state index contributed by atoms with van der Waals surface area (Å²) in [7, 11) is 0. The number of amides is 1. The lowest BCUT2D eigenvalue weighted by Crippen LogP contribution is -2.40. The number of fused-ring (bicyclic) bond motifs is 1. The zero-order chi connectivity index (χ0) is 15.9. The molecule has 0 fully saturated rings. The second-order valence-corrected chi connectivity index (χ2v) is 6.80. The van der Waals surface area contributed by atoms with E-state index in [1.807, 2.05) is 24.3 Å². The van der Waals surface area contributed by atoms with Crippen LogP contribution >= 0.6 is 11.8 Å². The lowest BCUT2D eigenvalue weighted by molar-refractivity contribution is -0.141. The zero-order valence-electron chi connectivity index (χ0n) is 13.0. The first kappa shape index (κ1) is 16.9. The van der Waals surface area contributed by atoms with E-state index in [2.05, 4.69) is 6.92 Å². The highest BCUT2D eigenvalue weighted by Gasteiger charge is 2.31. The third kappa shape index (κ3) is 4.26. The monoisotopic (exact) mass is 321 g/mol. The van der Waals surface area contributed by atoms with Gasteiger partial charge in [0.15, 0.2) is 0 Å². The molecular formula is C17H23NO3S. The normalized spacial score (nSPS) is 17.1. The van der Waals surface area contributed by atoms with Crippen molar-refractivity contribution in [3.63, 3.8) is 0 Å². The topological polar surface area (TPSA) is 57.6 Å². The number of hydrogen-bond acceptors (Lipinski definition) is 3. The number of carboxylic acids is 1. The molecule has 0 radical (unpaired) electrons. The summed E-state index contributed by atoms with van der Waals surface area (Å²) in [6.07, 6.45) is 2.84. The van der Waals surface area contributed by atoms with E-state index in [9.17, 15) is 14.7 Å². The van der Waals surface area contributed by atoms with Gasteiger partial charge >= 0.3 is 5.97 Å². The molecule has 1 amide bonds. The van der Waals surface area contributed by atoms with Crippen LogP contribution in [0.1, 0.15) is 43.2 Å². The number of benzene rings is 1. The first-order valence-electron chi connectivity index (χ1n) is 7.79. The maximum atomic E-state index is 12.3. The number of carbonyl (C=O) groups is 2. The van der Waals surface area contributed by atoms with Gasteiger partial charge in [-0.15, -0.1) is 0 Å². The smallest absolute Gasteiger partial charge is 0.312 e. The van der Waals surface area contributed by atoms with Gasteiger partial charge in [-0.05, 0) is 23.3 Å². The van der Waals surface area contributed by atoms with Gasteiger partial charge in [0.25, 0.3) is 0 Å². The molecule has 1 N–H and O–H groups in total. The van der Waals surface area contributed by atoms with Crippen molar-refractivity contribution in [1.29, 1.82) is 0 Å². The highest BCUT2D eigenvalue weighted by molar-refractivity contribution is 7.99. The van der Waals surface area contributed by atoms with Crippen molar-refractivity contribution in [2.45, 2.75) is 38.6 Å². The summed E-state index contributed by atoms with van der Waals surface area (Å²) in [5.41, 5.74) is 1.80. The van der Waals surface area contributed by atoms with Crippen LogP contribution < -0.4 is 0 Å². The Morgan fingerprint density at radius 2 is 2.09 bits per heavy atom. The van der Waals surface area contributed by atoms with Crippen molar-refractivity contribution in [3.05, 3.63) is 35.4 Å². The predicted molar refractivity (Wildman–Crippen MR) is 89.1 cm³/mol. The number of thioether (sulfide) groups is 1. The van der Waals surface area contributed by atoms with Gasteiger partial charge in [-0.2, -0.15) is 11.8 Å². The van der Waals surface area contributed by atoms with Crippen LogP contribution in [0.15, 0.2) is 24.3 Å². The minimum atomic E-state index is -0.859. The van der Waals surface area contributed by atoms with Crippen molar-refractivity contribution < 1.29 is 14.7 Å². The fourth-order valence-corrected chi connectivity index (χ4v) is 3.69. The highest BCUT2D eigenvalue weighted by atomic mass is 32.2. The number of nitrogens with zero attached hydrogens (tertiary/aromatic N) is 1. The number of aliphatic carboxylic acids is 1. The molecular weight excluding hydrogens is 298 g/mol. The summed E-state index contributed by atoms with van der Waals surface area (Å²) in [6, 6.07) is 7.53. The number of unbranched alkanes of at least 4 members (excludes halogenated alkanes) is 1. The summed E-state index contributed by atoms with van der Waals surface area (Å²) in [5.74, 6) is 0.493. The molecule has 22 heavy (non-hydrogen) atoms. The Labute approximate surface area is 135 Å². The number of carbonyl (C=O) groups excluding carboxylic acids is 1. The predicted octanol–water partition coefficient (Wildman–Crippen LogP) is 3.12. The molecule has 1 aromatic rings. The van der Waals surface area contributed by atoms with Crippen LogP contribution in [-0.2, 0) is 16.1 Å². The molecule has 120 valence electrons. The largest absolute Gasteiger partial charge is 0.481 e. The summed E-state index contributed by atoms with van der Waals surface area (Å²) >= 11 is 1.80. The minimum absolute atomic E-state index is 0.0600. The molecule has 1 aromatic carbocycles. The van der Waals surface area contributed by atoms with Gasteiger partial charge in [-0.3, -0.25) is 9.59 Å². The van der Waals surface area contributed by atoms with Gasteiger partial charge in [0.2, 0.25) is 5.91 Å². The fraction of sp³-hybridized carbons (Fsp3) is 0.529. The van der Waals surface area contributed by atoms with Crippen molar-refractivity contribution >= 4 is 23.6 Å². The van der Waals surface area contributed by atoms with E-state index in [1.54, 1.807) is 16.7 Å². The van der Waals surface area contributed by atoms with E-state index in [-0.39, 0.29) is 12.5 Å². The first-order chi connectivity index (χ1) is 10.6. The SMILES string of the molecule is CCCCSCCC(=O)N1Cc2ccccc2C(C(=O)O)C1. The molecule has 0 saturated carbocycles. The van der Waals surface area contributed by atoms with Crippen LogP contribution in [0.2, 0.25) is 0 Å². The van der Waals surface area contributed by atoms with Crippen LogP contribution in [0.5, 0.6) is 0 Å². The Morgan fingerprint density at radius 1 is 1.32 bits per heavy atom. The lowest BCUT2D eigenvalue weighted by Gasteiger charge is -2.32. The second kappa shape index (κ2) is 8.22. The molecule has 0 saturated heterocycles. The molecule has 0 bridgehead atoms. The summed E-state index contributed by atoms with van der Waals surface area (Å²) in [5, 5.41) is 9.42. The molecule has 1 heterocycles. The molecule has 1 atom stereocenters. The van der Waals surface area contributed by atoms with Crippen LogP contribution in [-0.4, -0.2) is 39.9 Å². The zero-order valence-corrected chi connectivity index (χ0v) is 13.8. The van der Waals surface area contributed by atoms with E-state index in [0.29, 0.717) is 13.0 Å². The van der Waals surface area contributed by atoms with E-state index in [1.165, 1.54) is 12.8 Å². The highest BCUT2D eigenvalue weighted by Crippen LogP contribution is 2.29. The molecule has 5 heteroatoms. The van der Waals surface area contributed by atoms with Gasteiger partial charge in [0.05, 0.1) is 5.92 Å². The van der Waals surface area contributed by atoms with Crippen molar-refractivity contribution in [1.82, 2.24) is 4.90 Å². The van der Waals surface area contributed by atoms with Crippen molar-refractivity contribution in [3.8, 4) is 0 Å². The van der Waals surface area contributed by atoms with Gasteiger partial charge in [-0.25, -0.2) is 0 Å². The second-order valence-electron chi connectivity index (χ2n) is 5.58. The van der Waals surface area contributed by atoms with E-state index in [0.717, 1.165) is 22.6 Å². The Morgan fingerprint density at radius 3 is 2.82 bits per heavy atom.